The number of aliphatic hydroxyl groups is 1. The fourth-order valence-electron chi connectivity index (χ4n) is 3.58. The summed E-state index contributed by atoms with van der Waals surface area (Å²) in [4.78, 5) is 22.6. The van der Waals surface area contributed by atoms with Crippen molar-refractivity contribution in [3.8, 4) is 6.07 Å². The van der Waals surface area contributed by atoms with Gasteiger partial charge < -0.3 is 15.7 Å². The van der Waals surface area contributed by atoms with E-state index in [1.54, 1.807) is 0 Å². The van der Waals surface area contributed by atoms with Crippen LogP contribution in [-0.4, -0.2) is 35.2 Å². The predicted octanol–water partition coefficient (Wildman–Crippen LogP) is 3.35. The number of piperidine rings is 1. The number of rotatable bonds is 6. The van der Waals surface area contributed by atoms with Crippen LogP contribution in [0, 0.1) is 17.9 Å². The van der Waals surface area contributed by atoms with Gasteiger partial charge in [0, 0.05) is 13.1 Å². The quantitative estimate of drug-likeness (QED) is 0.547. The topological polar surface area (TPSA) is 108 Å². The van der Waals surface area contributed by atoms with Crippen molar-refractivity contribution in [3.63, 3.8) is 0 Å². The van der Waals surface area contributed by atoms with Crippen molar-refractivity contribution in [1.82, 2.24) is 4.98 Å². The fraction of sp³-hybridized carbons (Fsp3) is 0.364. The number of aliphatic hydroxyl groups excluding tert-OH is 1. The van der Waals surface area contributed by atoms with Crippen LogP contribution < -0.4 is 10.6 Å². The summed E-state index contributed by atoms with van der Waals surface area (Å²) >= 11 is 1.14. The van der Waals surface area contributed by atoms with Gasteiger partial charge in [-0.15, -0.1) is 0 Å². The minimum atomic E-state index is -0.703. The van der Waals surface area contributed by atoms with E-state index >= 15 is 0 Å². The molecule has 1 atom stereocenters. The van der Waals surface area contributed by atoms with E-state index in [0.29, 0.717) is 60.0 Å². The Morgan fingerprint density at radius 3 is 2.63 bits per heavy atom. The number of benzene rings is 1. The minimum Gasteiger partial charge on any atom is -0.393 e. The van der Waals surface area contributed by atoms with Crippen LogP contribution in [0.3, 0.4) is 0 Å². The van der Waals surface area contributed by atoms with E-state index in [1.165, 1.54) is 0 Å². The molecule has 0 saturated carbocycles. The molecule has 0 bridgehead atoms. The molecule has 2 heterocycles. The van der Waals surface area contributed by atoms with E-state index in [1.807, 2.05) is 42.2 Å². The number of amides is 1. The molecule has 3 rings (SSSR count). The molecule has 2 aromatic rings. The summed E-state index contributed by atoms with van der Waals surface area (Å²) in [6.45, 7) is 10.7. The third-order valence-electron chi connectivity index (χ3n) is 5.15. The molecular formula is C22H23N5O2S. The SMILES string of the molecule is [C-]#[N+]c1c(N2CCC(O)CC2)nc(SC(C(N)=O)c2ccccc2)c(C#N)c1CC. The molecule has 154 valence electrons. The number of carbonyl (C=O) groups excluding carboxylic acids is 1. The molecule has 30 heavy (non-hydrogen) atoms. The van der Waals surface area contributed by atoms with Gasteiger partial charge in [0.25, 0.3) is 0 Å². The molecule has 0 radical (unpaired) electrons. The maximum Gasteiger partial charge on any atom is 0.235 e. The zero-order valence-corrected chi connectivity index (χ0v) is 17.5. The highest BCUT2D eigenvalue weighted by atomic mass is 32.2. The molecule has 1 saturated heterocycles. The second-order valence-corrected chi connectivity index (χ2v) is 8.14. The number of thioether (sulfide) groups is 1. The van der Waals surface area contributed by atoms with E-state index in [2.05, 4.69) is 15.9 Å². The summed E-state index contributed by atoms with van der Waals surface area (Å²) in [6, 6.07) is 11.3. The number of primary amides is 1. The molecular weight excluding hydrogens is 398 g/mol. The third kappa shape index (κ3) is 4.40. The Hall–Kier alpha value is -3.07. The molecule has 0 aliphatic carbocycles. The Morgan fingerprint density at radius 2 is 2.10 bits per heavy atom. The molecule has 0 spiro atoms. The summed E-state index contributed by atoms with van der Waals surface area (Å²) in [5.41, 5.74) is 7.72. The smallest absolute Gasteiger partial charge is 0.235 e. The van der Waals surface area contributed by atoms with E-state index in [-0.39, 0.29) is 6.10 Å². The zero-order chi connectivity index (χ0) is 21.7. The minimum absolute atomic E-state index is 0.316. The molecule has 1 aliphatic rings. The summed E-state index contributed by atoms with van der Waals surface area (Å²) in [6.07, 6.45) is 1.33. The van der Waals surface area contributed by atoms with Crippen LogP contribution in [-0.2, 0) is 11.2 Å². The lowest BCUT2D eigenvalue weighted by molar-refractivity contribution is -0.117. The van der Waals surface area contributed by atoms with Crippen molar-refractivity contribution in [2.24, 2.45) is 5.73 Å². The number of hydrogen-bond donors (Lipinski definition) is 2. The second-order valence-electron chi connectivity index (χ2n) is 7.05. The van der Waals surface area contributed by atoms with Gasteiger partial charge in [-0.1, -0.05) is 49.0 Å². The lowest BCUT2D eigenvalue weighted by Crippen LogP contribution is -2.36. The zero-order valence-electron chi connectivity index (χ0n) is 16.7. The van der Waals surface area contributed by atoms with Crippen LogP contribution in [0.15, 0.2) is 35.4 Å². The molecule has 8 heteroatoms. The average molecular weight is 422 g/mol. The summed E-state index contributed by atoms with van der Waals surface area (Å²) in [5, 5.41) is 19.4. The van der Waals surface area contributed by atoms with Gasteiger partial charge in [0.15, 0.2) is 0 Å². The lowest BCUT2D eigenvalue weighted by atomic mass is 10.0. The Morgan fingerprint density at radius 1 is 1.43 bits per heavy atom. The first-order chi connectivity index (χ1) is 14.5. The molecule has 1 fully saturated rings. The van der Waals surface area contributed by atoms with Crippen molar-refractivity contribution in [2.75, 3.05) is 18.0 Å². The van der Waals surface area contributed by atoms with E-state index < -0.39 is 11.2 Å². The summed E-state index contributed by atoms with van der Waals surface area (Å²) < 4.78 is 0. The highest BCUT2D eigenvalue weighted by Crippen LogP contribution is 2.42. The molecule has 1 amide bonds. The highest BCUT2D eigenvalue weighted by molar-refractivity contribution is 8.00. The van der Waals surface area contributed by atoms with Crippen LogP contribution in [0.25, 0.3) is 4.85 Å². The molecule has 1 unspecified atom stereocenters. The van der Waals surface area contributed by atoms with Crippen molar-refractivity contribution in [3.05, 3.63) is 58.4 Å². The number of pyridine rings is 1. The van der Waals surface area contributed by atoms with Gasteiger partial charge in [-0.2, -0.15) is 5.26 Å². The van der Waals surface area contributed by atoms with Crippen molar-refractivity contribution < 1.29 is 9.90 Å². The largest absolute Gasteiger partial charge is 0.393 e. The van der Waals surface area contributed by atoms with Crippen LogP contribution >= 0.6 is 11.8 Å². The van der Waals surface area contributed by atoms with Gasteiger partial charge in [0.2, 0.25) is 11.6 Å². The number of anilines is 1. The lowest BCUT2D eigenvalue weighted by Gasteiger charge is -2.32. The van der Waals surface area contributed by atoms with Crippen molar-refractivity contribution in [2.45, 2.75) is 42.6 Å². The number of hydrogen-bond acceptors (Lipinski definition) is 6. The average Bonchev–Trinajstić information content (AvgIpc) is 2.77. The monoisotopic (exact) mass is 421 g/mol. The van der Waals surface area contributed by atoms with Crippen LogP contribution in [0.1, 0.15) is 41.7 Å². The van der Waals surface area contributed by atoms with Crippen LogP contribution in [0.4, 0.5) is 11.5 Å². The molecule has 1 aromatic carbocycles. The van der Waals surface area contributed by atoms with Gasteiger partial charge in [-0.05, 0) is 30.4 Å². The van der Waals surface area contributed by atoms with Gasteiger partial charge in [0.05, 0.1) is 18.2 Å². The van der Waals surface area contributed by atoms with E-state index in [9.17, 15) is 15.2 Å². The fourth-order valence-corrected chi connectivity index (χ4v) is 4.64. The Bertz CT molecular complexity index is 1000. The molecule has 7 nitrogen and oxygen atoms in total. The number of aromatic nitrogens is 1. The standard InChI is InChI=1S/C22H23N5O2S/c1-3-16-17(13-23)22(30-19(20(24)29)14-7-5-4-6-8-14)26-21(18(16)25-2)27-11-9-15(28)10-12-27/h4-8,15,19,28H,3,9-12H2,1H3,(H2,24,29). The van der Waals surface area contributed by atoms with E-state index in [0.717, 1.165) is 17.3 Å². The first-order valence-corrected chi connectivity index (χ1v) is 10.7. The molecule has 1 aliphatic heterocycles. The number of nitrogens with zero attached hydrogens (tertiary/aromatic N) is 4. The van der Waals surface area contributed by atoms with Gasteiger partial charge >= 0.3 is 0 Å². The van der Waals surface area contributed by atoms with Gasteiger partial charge in [-0.25, -0.2) is 9.83 Å². The van der Waals surface area contributed by atoms with Crippen molar-refractivity contribution in [1.29, 1.82) is 5.26 Å². The third-order valence-corrected chi connectivity index (χ3v) is 6.41. The van der Waals surface area contributed by atoms with E-state index in [4.69, 9.17) is 12.3 Å². The first kappa shape index (κ1) is 21.6. The number of nitrogens with two attached hydrogens (primary N) is 1. The molecule has 1 aromatic heterocycles. The van der Waals surface area contributed by atoms with Gasteiger partial charge in [0.1, 0.15) is 22.2 Å². The van der Waals surface area contributed by atoms with Crippen molar-refractivity contribution >= 4 is 29.2 Å². The maximum atomic E-state index is 12.2. The van der Waals surface area contributed by atoms with Crippen LogP contribution in [0.2, 0.25) is 0 Å². The number of nitriles is 1. The highest BCUT2D eigenvalue weighted by Gasteiger charge is 2.28. The first-order valence-electron chi connectivity index (χ1n) is 9.78. The predicted molar refractivity (Wildman–Crippen MR) is 116 cm³/mol. The number of carbonyl (C=O) groups is 1. The summed E-state index contributed by atoms with van der Waals surface area (Å²) in [7, 11) is 0. The Balaban J connectivity index is 2.11. The Labute approximate surface area is 180 Å². The van der Waals surface area contributed by atoms with Crippen LogP contribution in [0.5, 0.6) is 0 Å². The normalized spacial score (nSPS) is 15.3. The second kappa shape index (κ2) is 9.62. The Kier molecular flexibility index (Phi) is 6.94. The maximum absolute atomic E-state index is 12.2. The summed E-state index contributed by atoms with van der Waals surface area (Å²) in [5.74, 6) is -0.0154. The molecule has 3 N–H and O–H groups in total. The van der Waals surface area contributed by atoms with Gasteiger partial charge in [-0.3, -0.25) is 4.79 Å².